The molecule has 4 atom stereocenters. The number of H-pyrrole nitrogens is 1. The van der Waals surface area contributed by atoms with E-state index in [2.05, 4.69) is 25.8 Å². The third-order valence-electron chi connectivity index (χ3n) is 5.90. The summed E-state index contributed by atoms with van der Waals surface area (Å²) in [6.45, 7) is 14.3. The van der Waals surface area contributed by atoms with Gasteiger partial charge in [0.05, 0.1) is 5.60 Å². The van der Waals surface area contributed by atoms with Gasteiger partial charge in [0.1, 0.15) is 23.4 Å². The van der Waals surface area contributed by atoms with Crippen molar-refractivity contribution >= 4 is 0 Å². The van der Waals surface area contributed by atoms with Crippen LogP contribution in [0.2, 0.25) is 0 Å². The van der Waals surface area contributed by atoms with E-state index in [9.17, 15) is 9.59 Å². The van der Waals surface area contributed by atoms with Gasteiger partial charge in [-0.15, -0.1) is 0 Å². The minimum Gasteiger partial charge on any atom is -0.367 e. The molecule has 0 aromatic carbocycles. The number of aromatic amines is 1. The molecule has 7 nitrogen and oxygen atoms in total. The van der Waals surface area contributed by atoms with Crippen LogP contribution in [0.4, 0.5) is 0 Å². The maximum Gasteiger partial charge on any atom is 0.330 e. The topological polar surface area (TPSA) is 82.6 Å². The number of nitrogens with one attached hydrogen (secondary N) is 1. The lowest BCUT2D eigenvalue weighted by Crippen LogP contribution is -2.53. The first-order valence-corrected chi connectivity index (χ1v) is 10.1. The van der Waals surface area contributed by atoms with Crippen molar-refractivity contribution in [2.75, 3.05) is 0 Å². The van der Waals surface area contributed by atoms with Crippen molar-refractivity contribution in [1.82, 2.24) is 9.55 Å². The number of hydrogen-bond donors (Lipinski definition) is 1. The van der Waals surface area contributed by atoms with E-state index in [4.69, 9.17) is 14.2 Å². The van der Waals surface area contributed by atoms with Crippen molar-refractivity contribution in [2.45, 2.75) is 103 Å². The van der Waals surface area contributed by atoms with Crippen LogP contribution >= 0.6 is 0 Å². The van der Waals surface area contributed by atoms with E-state index >= 15 is 0 Å². The fourth-order valence-electron chi connectivity index (χ4n) is 4.89. The lowest BCUT2D eigenvalue weighted by atomic mass is 9.75. The van der Waals surface area contributed by atoms with Crippen molar-refractivity contribution in [3.8, 4) is 0 Å². The summed E-state index contributed by atoms with van der Waals surface area (Å²) in [7, 11) is 0. The normalized spacial score (nSPS) is 33.6. The third kappa shape index (κ3) is 2.99. The molecule has 4 rings (SSSR count). The summed E-state index contributed by atoms with van der Waals surface area (Å²) in [4.78, 5) is 26.7. The van der Waals surface area contributed by atoms with Crippen molar-refractivity contribution in [3.05, 3.63) is 32.6 Å². The lowest BCUT2D eigenvalue weighted by Gasteiger charge is -2.43. The summed E-state index contributed by atoms with van der Waals surface area (Å²) >= 11 is 0. The van der Waals surface area contributed by atoms with E-state index in [0.717, 1.165) is 19.3 Å². The minimum atomic E-state index is -0.621. The average molecular weight is 392 g/mol. The molecule has 2 aliphatic heterocycles. The van der Waals surface area contributed by atoms with Gasteiger partial charge in [-0.05, 0) is 52.4 Å². The number of rotatable bonds is 3. The van der Waals surface area contributed by atoms with Crippen molar-refractivity contribution in [2.24, 2.45) is 5.41 Å². The van der Waals surface area contributed by atoms with E-state index < -0.39 is 23.6 Å². The molecule has 1 aromatic heterocycles. The second-order valence-electron chi connectivity index (χ2n) is 10.8. The van der Waals surface area contributed by atoms with Crippen LogP contribution in [0.3, 0.4) is 0 Å². The first kappa shape index (κ1) is 19.9. The lowest BCUT2D eigenvalue weighted by molar-refractivity contribution is -0.236. The van der Waals surface area contributed by atoms with E-state index in [0.29, 0.717) is 5.56 Å². The first-order chi connectivity index (χ1) is 12.8. The van der Waals surface area contributed by atoms with Gasteiger partial charge in [0.25, 0.3) is 5.56 Å². The van der Waals surface area contributed by atoms with Crippen molar-refractivity contribution in [1.29, 1.82) is 0 Å². The van der Waals surface area contributed by atoms with Gasteiger partial charge in [0, 0.05) is 11.8 Å². The molecule has 156 valence electrons. The van der Waals surface area contributed by atoms with Gasteiger partial charge in [0.15, 0.2) is 6.23 Å². The van der Waals surface area contributed by atoms with Crippen LogP contribution in [0.1, 0.15) is 72.6 Å². The minimum absolute atomic E-state index is 0.00585. The molecule has 3 aliphatic rings. The molecule has 0 amide bonds. The average Bonchev–Trinajstić information content (AvgIpc) is 3.19. The highest BCUT2D eigenvalue weighted by molar-refractivity contribution is 5.27. The summed E-state index contributed by atoms with van der Waals surface area (Å²) in [5.74, 6) is 0. The molecule has 1 aromatic rings. The molecular formula is C21H32N2O5. The van der Waals surface area contributed by atoms with Crippen LogP contribution in [0, 0.1) is 12.3 Å². The zero-order chi connectivity index (χ0) is 20.7. The predicted octanol–water partition coefficient (Wildman–Crippen LogP) is 2.66. The highest BCUT2D eigenvalue weighted by Crippen LogP contribution is 2.67. The van der Waals surface area contributed by atoms with Gasteiger partial charge < -0.3 is 14.2 Å². The first-order valence-electron chi connectivity index (χ1n) is 10.1. The Labute approximate surface area is 165 Å². The fraction of sp³-hybridized carbons (Fsp3) is 0.810. The molecule has 28 heavy (non-hydrogen) atoms. The van der Waals surface area contributed by atoms with Gasteiger partial charge in [-0.25, -0.2) is 4.79 Å². The van der Waals surface area contributed by atoms with Crippen molar-refractivity contribution in [3.63, 3.8) is 0 Å². The molecular weight excluding hydrogens is 360 g/mol. The maximum absolute atomic E-state index is 12.5. The molecule has 1 aliphatic carbocycles. The molecule has 1 N–H and O–H groups in total. The Kier molecular flexibility index (Phi) is 4.11. The quantitative estimate of drug-likeness (QED) is 0.855. The van der Waals surface area contributed by atoms with Crippen LogP contribution in [0.15, 0.2) is 15.8 Å². The predicted molar refractivity (Wildman–Crippen MR) is 104 cm³/mol. The van der Waals surface area contributed by atoms with Gasteiger partial charge >= 0.3 is 5.69 Å². The van der Waals surface area contributed by atoms with Gasteiger partial charge in [0.2, 0.25) is 0 Å². The maximum atomic E-state index is 12.5. The van der Waals surface area contributed by atoms with Gasteiger partial charge in [-0.3, -0.25) is 14.3 Å². The number of ether oxygens (including phenoxy) is 3. The summed E-state index contributed by atoms with van der Waals surface area (Å²) in [5, 5.41) is 0. The zero-order valence-corrected chi connectivity index (χ0v) is 17.9. The Balaban J connectivity index is 1.81. The van der Waals surface area contributed by atoms with Crippen LogP contribution < -0.4 is 11.2 Å². The van der Waals surface area contributed by atoms with Crippen LogP contribution in [0.25, 0.3) is 0 Å². The molecule has 1 spiro atoms. The Morgan fingerprint density at radius 1 is 1.18 bits per heavy atom. The molecule has 2 bridgehead atoms. The standard InChI is InChI=1S/C21H32N2O5/c1-12-10-23(17(25)22-15(12)24)16-13-14(27-19(5,6)7)21(28-16,11-18(2,3)4)20(26-13)8-9-20/h10,13-14,16H,8-9,11H2,1-7H3,(H,22,24,25)/t13-,14?,16+,21+/m0/s1. The van der Waals surface area contributed by atoms with E-state index in [1.165, 1.54) is 4.57 Å². The number of aromatic nitrogens is 2. The molecule has 2 saturated heterocycles. The van der Waals surface area contributed by atoms with Crippen LogP contribution in [-0.2, 0) is 14.2 Å². The van der Waals surface area contributed by atoms with E-state index in [-0.39, 0.29) is 28.3 Å². The number of nitrogens with zero attached hydrogens (tertiary/aromatic N) is 1. The molecule has 3 fully saturated rings. The number of hydrogen-bond acceptors (Lipinski definition) is 5. The summed E-state index contributed by atoms with van der Waals surface area (Å²) in [6, 6.07) is 0. The highest BCUT2D eigenvalue weighted by atomic mass is 16.7. The van der Waals surface area contributed by atoms with Crippen LogP contribution in [0.5, 0.6) is 0 Å². The third-order valence-corrected chi connectivity index (χ3v) is 5.90. The molecule has 3 heterocycles. The van der Waals surface area contributed by atoms with Gasteiger partial charge in [-0.1, -0.05) is 20.8 Å². The Morgan fingerprint density at radius 3 is 2.36 bits per heavy atom. The van der Waals surface area contributed by atoms with E-state index in [1.807, 2.05) is 20.8 Å². The molecule has 1 unspecified atom stereocenters. The monoisotopic (exact) mass is 392 g/mol. The Hall–Kier alpha value is -1.44. The summed E-state index contributed by atoms with van der Waals surface area (Å²) in [6.07, 6.45) is 2.92. The number of aryl methyl sites for hydroxylation is 1. The number of fused-ring (bicyclic) bond motifs is 3. The van der Waals surface area contributed by atoms with Crippen LogP contribution in [-0.4, -0.2) is 38.6 Å². The highest BCUT2D eigenvalue weighted by Gasteiger charge is 2.79. The second kappa shape index (κ2) is 5.80. The Bertz CT molecular complexity index is 899. The Morgan fingerprint density at radius 2 is 1.82 bits per heavy atom. The molecule has 1 saturated carbocycles. The SMILES string of the molecule is Cc1cn([C@@H]2O[C@]3(CC(C)(C)C)C(OC(C)(C)C)[C@@H]2OC32CC2)c(=O)[nH]c1=O. The van der Waals surface area contributed by atoms with E-state index in [1.54, 1.807) is 13.1 Å². The molecule has 0 radical (unpaired) electrons. The van der Waals surface area contributed by atoms with Gasteiger partial charge in [-0.2, -0.15) is 0 Å². The largest absolute Gasteiger partial charge is 0.367 e. The molecule has 7 heteroatoms. The summed E-state index contributed by atoms with van der Waals surface area (Å²) in [5.41, 5.74) is -1.73. The van der Waals surface area contributed by atoms with Crippen molar-refractivity contribution < 1.29 is 14.2 Å². The summed E-state index contributed by atoms with van der Waals surface area (Å²) < 4.78 is 21.2. The fourth-order valence-corrected chi connectivity index (χ4v) is 4.89. The smallest absolute Gasteiger partial charge is 0.330 e. The second-order valence-corrected chi connectivity index (χ2v) is 10.8. The zero-order valence-electron chi connectivity index (χ0n) is 17.9.